The van der Waals surface area contributed by atoms with Gasteiger partial charge in [0.15, 0.2) is 5.69 Å². The summed E-state index contributed by atoms with van der Waals surface area (Å²) >= 11 is 0. The Hall–Kier alpha value is -1.52. The largest absolute Gasteiger partial charge is 0.461 e. The quantitative estimate of drug-likeness (QED) is 0.865. The number of rotatable bonds is 4. The molecule has 0 radical (unpaired) electrons. The first kappa shape index (κ1) is 15.9. The lowest BCUT2D eigenvalue weighted by atomic mass is 9.79. The highest BCUT2D eigenvalue weighted by atomic mass is 16.5. The van der Waals surface area contributed by atoms with Gasteiger partial charge in [-0.05, 0) is 38.0 Å². The van der Waals surface area contributed by atoms with Crippen molar-refractivity contribution in [2.24, 2.45) is 11.8 Å². The van der Waals surface area contributed by atoms with Crippen LogP contribution in [0, 0.1) is 11.8 Å². The summed E-state index contributed by atoms with van der Waals surface area (Å²) in [6.45, 7) is 8.74. The van der Waals surface area contributed by atoms with Crippen molar-refractivity contribution in [2.75, 3.05) is 12.3 Å². The maximum absolute atomic E-state index is 12.0. The summed E-state index contributed by atoms with van der Waals surface area (Å²) in [7, 11) is 0. The van der Waals surface area contributed by atoms with Gasteiger partial charge in [0.2, 0.25) is 0 Å². The number of aromatic nitrogens is 2. The van der Waals surface area contributed by atoms with Crippen molar-refractivity contribution in [3.63, 3.8) is 0 Å². The Bertz CT molecular complexity index is 510. The maximum Gasteiger partial charge on any atom is 0.360 e. The van der Waals surface area contributed by atoms with E-state index in [4.69, 9.17) is 10.5 Å². The third-order valence-corrected chi connectivity index (χ3v) is 4.52. The molecule has 0 bridgehead atoms. The van der Waals surface area contributed by atoms with E-state index in [1.807, 2.05) is 6.92 Å². The van der Waals surface area contributed by atoms with Crippen LogP contribution in [0.25, 0.3) is 0 Å². The van der Waals surface area contributed by atoms with Crippen molar-refractivity contribution in [3.05, 3.63) is 11.5 Å². The molecule has 5 nitrogen and oxygen atoms in total. The molecule has 1 aliphatic carbocycles. The molecular weight excluding hydrogens is 266 g/mol. The topological polar surface area (TPSA) is 70.1 Å². The fourth-order valence-corrected chi connectivity index (χ4v) is 3.50. The van der Waals surface area contributed by atoms with Crippen LogP contribution in [0.15, 0.2) is 0 Å². The lowest BCUT2D eigenvalue weighted by molar-refractivity contribution is 0.0521. The van der Waals surface area contributed by atoms with Crippen LogP contribution >= 0.6 is 0 Å². The van der Waals surface area contributed by atoms with E-state index in [0.29, 0.717) is 24.4 Å². The Kier molecular flexibility index (Phi) is 4.91. The number of hydrogen-bond donors (Lipinski definition) is 1. The van der Waals surface area contributed by atoms with Gasteiger partial charge in [-0.3, -0.25) is 0 Å². The Balaban J connectivity index is 2.36. The molecular formula is C16H27N3O2. The van der Waals surface area contributed by atoms with Crippen LogP contribution in [0.3, 0.4) is 0 Å². The zero-order valence-electron chi connectivity index (χ0n) is 13.6. The van der Waals surface area contributed by atoms with Crippen LogP contribution in [0.1, 0.15) is 69.3 Å². The van der Waals surface area contributed by atoms with Crippen LogP contribution in [0.5, 0.6) is 0 Å². The zero-order valence-corrected chi connectivity index (χ0v) is 13.6. The number of carbonyl (C=O) groups is 1. The van der Waals surface area contributed by atoms with E-state index in [2.05, 4.69) is 23.4 Å². The number of ether oxygens (including phenoxy) is 1. The van der Waals surface area contributed by atoms with Crippen molar-refractivity contribution in [2.45, 2.75) is 59.4 Å². The van der Waals surface area contributed by atoms with Gasteiger partial charge in [-0.15, -0.1) is 0 Å². The minimum atomic E-state index is -0.416. The summed E-state index contributed by atoms with van der Waals surface area (Å²) in [5.41, 5.74) is 6.52. The normalized spacial score (nSPS) is 25.8. The Morgan fingerprint density at radius 1 is 1.38 bits per heavy atom. The van der Waals surface area contributed by atoms with E-state index >= 15 is 0 Å². The molecule has 0 amide bonds. The predicted molar refractivity (Wildman–Crippen MR) is 83.2 cm³/mol. The zero-order chi connectivity index (χ0) is 15.6. The molecule has 2 N–H and O–H groups in total. The van der Waals surface area contributed by atoms with E-state index in [1.165, 1.54) is 12.8 Å². The molecule has 0 saturated heterocycles. The van der Waals surface area contributed by atoms with Crippen molar-refractivity contribution in [1.29, 1.82) is 0 Å². The molecule has 0 aliphatic heterocycles. The third kappa shape index (κ3) is 3.06. The molecule has 5 heteroatoms. The van der Waals surface area contributed by atoms with Gasteiger partial charge >= 0.3 is 5.97 Å². The average Bonchev–Trinajstić information content (AvgIpc) is 2.76. The lowest BCUT2D eigenvalue weighted by Crippen LogP contribution is -2.27. The summed E-state index contributed by atoms with van der Waals surface area (Å²) < 4.78 is 7.14. The van der Waals surface area contributed by atoms with Gasteiger partial charge in [0.25, 0.3) is 0 Å². The molecule has 0 spiro atoms. The Morgan fingerprint density at radius 3 is 2.67 bits per heavy atom. The molecule has 1 saturated carbocycles. The molecule has 1 fully saturated rings. The standard InChI is InChI=1S/C16H27N3O2/c1-5-13-18-14(16(20)21-6-2)15(17)19(13)12-8-7-10(3)9-11(12)4/h10-12H,5-9,17H2,1-4H3. The SMILES string of the molecule is CCOC(=O)c1nc(CC)n(C2CCC(C)CC2C)c1N. The molecule has 1 aromatic rings. The lowest BCUT2D eigenvalue weighted by Gasteiger charge is -2.34. The van der Waals surface area contributed by atoms with Crippen molar-refractivity contribution in [1.82, 2.24) is 9.55 Å². The summed E-state index contributed by atoms with van der Waals surface area (Å²) in [6, 6.07) is 0.340. The first-order chi connectivity index (χ1) is 9.99. The van der Waals surface area contributed by atoms with Crippen molar-refractivity contribution >= 4 is 11.8 Å². The van der Waals surface area contributed by atoms with Crippen LogP contribution in [-0.2, 0) is 11.2 Å². The fraction of sp³-hybridized carbons (Fsp3) is 0.750. The van der Waals surface area contributed by atoms with Crippen LogP contribution < -0.4 is 5.73 Å². The highest BCUT2D eigenvalue weighted by Crippen LogP contribution is 2.39. The van der Waals surface area contributed by atoms with Crippen LogP contribution in [-0.4, -0.2) is 22.1 Å². The van der Waals surface area contributed by atoms with E-state index in [1.54, 1.807) is 6.92 Å². The second-order valence-corrected chi connectivity index (χ2v) is 6.17. The number of imidazole rings is 1. The molecule has 21 heavy (non-hydrogen) atoms. The highest BCUT2D eigenvalue weighted by Gasteiger charge is 2.31. The van der Waals surface area contributed by atoms with Gasteiger partial charge in [0, 0.05) is 12.5 Å². The van der Waals surface area contributed by atoms with E-state index in [0.717, 1.165) is 24.6 Å². The summed E-state index contributed by atoms with van der Waals surface area (Å²) in [6.07, 6.45) is 4.26. The number of nitrogen functional groups attached to an aromatic ring is 1. The number of nitrogens with zero attached hydrogens (tertiary/aromatic N) is 2. The number of aryl methyl sites for hydroxylation is 1. The second kappa shape index (κ2) is 6.50. The minimum Gasteiger partial charge on any atom is -0.461 e. The van der Waals surface area contributed by atoms with Crippen molar-refractivity contribution < 1.29 is 9.53 Å². The minimum absolute atomic E-state index is 0.277. The number of nitrogens with two attached hydrogens (primary N) is 1. The average molecular weight is 293 g/mol. The van der Waals surface area contributed by atoms with Gasteiger partial charge in [-0.25, -0.2) is 9.78 Å². The molecule has 118 valence electrons. The van der Waals surface area contributed by atoms with Crippen molar-refractivity contribution in [3.8, 4) is 0 Å². The second-order valence-electron chi connectivity index (χ2n) is 6.17. The number of anilines is 1. The van der Waals surface area contributed by atoms with E-state index in [-0.39, 0.29) is 5.69 Å². The van der Waals surface area contributed by atoms with Gasteiger partial charge in [-0.2, -0.15) is 0 Å². The van der Waals surface area contributed by atoms with Gasteiger partial charge in [0.05, 0.1) is 6.61 Å². The molecule has 1 heterocycles. The molecule has 0 aromatic carbocycles. The van der Waals surface area contributed by atoms with Crippen LogP contribution in [0.4, 0.5) is 5.82 Å². The highest BCUT2D eigenvalue weighted by molar-refractivity contribution is 5.92. The summed E-state index contributed by atoms with van der Waals surface area (Å²) in [5, 5.41) is 0. The fourth-order valence-electron chi connectivity index (χ4n) is 3.50. The maximum atomic E-state index is 12.0. The Morgan fingerprint density at radius 2 is 2.10 bits per heavy atom. The smallest absolute Gasteiger partial charge is 0.360 e. The number of hydrogen-bond acceptors (Lipinski definition) is 4. The van der Waals surface area contributed by atoms with Gasteiger partial charge in [0.1, 0.15) is 11.6 Å². The van der Waals surface area contributed by atoms with Gasteiger partial charge < -0.3 is 15.0 Å². The predicted octanol–water partition coefficient (Wildman–Crippen LogP) is 3.20. The number of carbonyl (C=O) groups excluding carboxylic acids is 1. The Labute approximate surface area is 126 Å². The molecule has 3 unspecified atom stereocenters. The third-order valence-electron chi connectivity index (χ3n) is 4.52. The molecule has 1 aliphatic rings. The first-order valence-corrected chi connectivity index (χ1v) is 8.03. The number of esters is 1. The van der Waals surface area contributed by atoms with E-state index < -0.39 is 5.97 Å². The van der Waals surface area contributed by atoms with Crippen LogP contribution in [0.2, 0.25) is 0 Å². The molecule has 2 rings (SSSR count). The van der Waals surface area contributed by atoms with E-state index in [9.17, 15) is 4.79 Å². The summed E-state index contributed by atoms with van der Waals surface area (Å²) in [4.78, 5) is 16.4. The molecule has 1 aromatic heterocycles. The first-order valence-electron chi connectivity index (χ1n) is 8.03. The van der Waals surface area contributed by atoms with Gasteiger partial charge in [-0.1, -0.05) is 20.8 Å². The monoisotopic (exact) mass is 293 g/mol. The molecule has 3 atom stereocenters. The summed E-state index contributed by atoms with van der Waals surface area (Å²) in [5.74, 6) is 2.25.